The zero-order chi connectivity index (χ0) is 18.2. The van der Waals surface area contributed by atoms with Crippen molar-refractivity contribution >= 4 is 42.8 Å². The lowest BCUT2D eigenvalue weighted by atomic mass is 10.2. The van der Waals surface area contributed by atoms with Gasteiger partial charge in [-0.05, 0) is 49.6 Å². The van der Waals surface area contributed by atoms with Crippen molar-refractivity contribution in [2.75, 3.05) is 21.3 Å². The zero-order valence-electron chi connectivity index (χ0n) is 14.0. The monoisotopic (exact) mass is 400 g/mol. The van der Waals surface area contributed by atoms with Gasteiger partial charge in [-0.25, -0.2) is 16.8 Å². The highest BCUT2D eigenvalue weighted by atomic mass is 32.2. The number of nitrogens with one attached hydrogen (secondary N) is 1. The number of thiophene rings is 1. The van der Waals surface area contributed by atoms with Crippen LogP contribution < -0.4 is 9.03 Å². The first-order chi connectivity index (χ1) is 11.7. The summed E-state index contributed by atoms with van der Waals surface area (Å²) in [5, 5.41) is 0. The van der Waals surface area contributed by atoms with Gasteiger partial charge < -0.3 is 0 Å². The third-order valence-electron chi connectivity index (χ3n) is 4.10. The maximum absolute atomic E-state index is 12.6. The van der Waals surface area contributed by atoms with E-state index in [1.54, 1.807) is 37.3 Å². The van der Waals surface area contributed by atoms with Gasteiger partial charge in [-0.15, -0.1) is 11.3 Å². The van der Waals surface area contributed by atoms with E-state index < -0.39 is 20.0 Å². The number of benzene rings is 1. The van der Waals surface area contributed by atoms with Crippen LogP contribution in [0.5, 0.6) is 0 Å². The third-order valence-corrected chi connectivity index (χ3v) is 9.06. The molecule has 136 valence electrons. The summed E-state index contributed by atoms with van der Waals surface area (Å²) in [6, 6.07) is 8.42. The molecule has 0 saturated carbocycles. The molecule has 0 aliphatic carbocycles. The Kier molecular flexibility index (Phi) is 4.82. The van der Waals surface area contributed by atoms with Gasteiger partial charge in [0.15, 0.2) is 0 Å². The van der Waals surface area contributed by atoms with Crippen LogP contribution in [-0.4, -0.2) is 29.1 Å². The lowest BCUT2D eigenvalue weighted by Gasteiger charge is -2.19. The molecule has 2 heterocycles. The maximum atomic E-state index is 12.6. The van der Waals surface area contributed by atoms with Gasteiger partial charge in [0.2, 0.25) is 10.0 Å². The summed E-state index contributed by atoms with van der Waals surface area (Å²) in [5.41, 5.74) is 1.61. The van der Waals surface area contributed by atoms with Gasteiger partial charge in [-0.3, -0.25) is 9.03 Å². The Hall–Kier alpha value is -1.58. The molecule has 0 amide bonds. The summed E-state index contributed by atoms with van der Waals surface area (Å²) >= 11 is 1.24. The molecule has 1 aromatic heterocycles. The van der Waals surface area contributed by atoms with Gasteiger partial charge >= 0.3 is 0 Å². The molecule has 1 aliphatic rings. The lowest BCUT2D eigenvalue weighted by molar-refractivity contribution is 0.599. The van der Waals surface area contributed by atoms with E-state index in [1.807, 2.05) is 6.92 Å². The number of aryl methyl sites for hydroxylation is 2. The van der Waals surface area contributed by atoms with Crippen molar-refractivity contribution in [3.63, 3.8) is 0 Å². The first-order valence-corrected chi connectivity index (χ1v) is 11.9. The van der Waals surface area contributed by atoms with Crippen LogP contribution in [-0.2, 0) is 26.5 Å². The quantitative estimate of drug-likeness (QED) is 0.836. The third kappa shape index (κ3) is 3.68. The second kappa shape index (κ2) is 6.62. The standard InChI is InChI=1S/C16H20N2O4S3/c1-3-14-7-8-16(23-14)25(21,22)17-15-11-13(6-5-12(15)2)18-9-4-10-24(18,19)20/h5-8,11,17H,3-4,9-10H2,1-2H3. The predicted molar refractivity (Wildman–Crippen MR) is 101 cm³/mol. The van der Waals surface area contributed by atoms with Crippen LogP contribution in [0.4, 0.5) is 11.4 Å². The van der Waals surface area contributed by atoms with E-state index in [0.29, 0.717) is 24.3 Å². The molecule has 1 fully saturated rings. The van der Waals surface area contributed by atoms with Gasteiger partial charge in [0.05, 0.1) is 17.1 Å². The van der Waals surface area contributed by atoms with Crippen molar-refractivity contribution in [2.45, 2.75) is 30.9 Å². The van der Waals surface area contributed by atoms with E-state index in [-0.39, 0.29) is 9.96 Å². The summed E-state index contributed by atoms with van der Waals surface area (Å²) < 4.78 is 53.6. The normalized spacial score (nSPS) is 17.0. The van der Waals surface area contributed by atoms with E-state index in [9.17, 15) is 16.8 Å². The van der Waals surface area contributed by atoms with E-state index in [1.165, 1.54) is 15.6 Å². The van der Waals surface area contributed by atoms with Crippen molar-refractivity contribution in [1.82, 2.24) is 0 Å². The first-order valence-electron chi connectivity index (χ1n) is 7.95. The average Bonchev–Trinajstić information content (AvgIpc) is 3.16. The molecule has 0 atom stereocenters. The van der Waals surface area contributed by atoms with Gasteiger partial charge in [0, 0.05) is 11.4 Å². The molecule has 0 spiro atoms. The largest absolute Gasteiger partial charge is 0.279 e. The fourth-order valence-corrected chi connectivity index (χ4v) is 6.67. The van der Waals surface area contributed by atoms with Crippen LogP contribution >= 0.6 is 11.3 Å². The van der Waals surface area contributed by atoms with Crippen molar-refractivity contribution in [3.05, 3.63) is 40.8 Å². The Labute approximate surface area is 152 Å². The van der Waals surface area contributed by atoms with Crippen molar-refractivity contribution in [3.8, 4) is 0 Å². The highest BCUT2D eigenvalue weighted by Gasteiger charge is 2.29. The Balaban J connectivity index is 1.93. The number of rotatable bonds is 5. The number of nitrogens with zero attached hydrogens (tertiary/aromatic N) is 1. The number of hydrogen-bond acceptors (Lipinski definition) is 5. The lowest BCUT2D eigenvalue weighted by Crippen LogP contribution is -2.25. The molecule has 0 unspecified atom stereocenters. The van der Waals surface area contributed by atoms with Crippen molar-refractivity contribution in [1.29, 1.82) is 0 Å². The molecule has 9 heteroatoms. The summed E-state index contributed by atoms with van der Waals surface area (Å²) in [6.45, 7) is 4.17. The maximum Gasteiger partial charge on any atom is 0.271 e. The fourth-order valence-electron chi connectivity index (χ4n) is 2.69. The molecule has 0 bridgehead atoms. The summed E-state index contributed by atoms with van der Waals surface area (Å²) in [4.78, 5) is 0.994. The highest BCUT2D eigenvalue weighted by Crippen LogP contribution is 2.31. The topological polar surface area (TPSA) is 83.6 Å². The average molecular weight is 401 g/mol. The van der Waals surface area contributed by atoms with E-state index in [4.69, 9.17) is 0 Å². The summed E-state index contributed by atoms with van der Waals surface area (Å²) in [5.74, 6) is 0.122. The summed E-state index contributed by atoms with van der Waals surface area (Å²) in [7, 11) is -7.00. The molecule has 1 N–H and O–H groups in total. The highest BCUT2D eigenvalue weighted by molar-refractivity contribution is 7.94. The SMILES string of the molecule is CCc1ccc(S(=O)(=O)Nc2cc(N3CCCS3(=O)=O)ccc2C)s1. The molecule has 3 rings (SSSR count). The molecule has 25 heavy (non-hydrogen) atoms. The van der Waals surface area contributed by atoms with Crippen LogP contribution in [0.15, 0.2) is 34.5 Å². The second-order valence-electron chi connectivity index (χ2n) is 5.92. The van der Waals surface area contributed by atoms with Gasteiger partial charge in [-0.2, -0.15) is 0 Å². The minimum atomic E-state index is -3.69. The minimum absolute atomic E-state index is 0.122. The van der Waals surface area contributed by atoms with E-state index >= 15 is 0 Å². The molecule has 1 aliphatic heterocycles. The van der Waals surface area contributed by atoms with Crippen LogP contribution in [0, 0.1) is 6.92 Å². The molecule has 6 nitrogen and oxygen atoms in total. The molecule has 2 aromatic rings. The van der Waals surface area contributed by atoms with Gasteiger partial charge in [0.25, 0.3) is 10.0 Å². The van der Waals surface area contributed by atoms with Gasteiger partial charge in [0.1, 0.15) is 4.21 Å². The Morgan fingerprint density at radius 1 is 1.24 bits per heavy atom. The van der Waals surface area contributed by atoms with Crippen molar-refractivity contribution < 1.29 is 16.8 Å². The predicted octanol–water partition coefficient (Wildman–Crippen LogP) is 2.96. The van der Waals surface area contributed by atoms with Crippen LogP contribution in [0.25, 0.3) is 0 Å². The number of hydrogen-bond donors (Lipinski definition) is 1. The molecular formula is C16H20N2O4S3. The van der Waals surface area contributed by atoms with E-state index in [0.717, 1.165) is 16.9 Å². The number of sulfonamides is 2. The molecule has 0 radical (unpaired) electrons. The molecule has 1 aromatic carbocycles. The summed E-state index contributed by atoms with van der Waals surface area (Å²) in [6.07, 6.45) is 1.35. The minimum Gasteiger partial charge on any atom is -0.279 e. The smallest absolute Gasteiger partial charge is 0.271 e. The van der Waals surface area contributed by atoms with Crippen LogP contribution in [0.1, 0.15) is 23.8 Å². The Morgan fingerprint density at radius 3 is 2.60 bits per heavy atom. The fraction of sp³-hybridized carbons (Fsp3) is 0.375. The second-order valence-corrected chi connectivity index (χ2v) is 11.0. The Bertz CT molecular complexity index is 994. The zero-order valence-corrected chi connectivity index (χ0v) is 16.5. The van der Waals surface area contributed by atoms with Gasteiger partial charge in [-0.1, -0.05) is 13.0 Å². The van der Waals surface area contributed by atoms with Crippen molar-refractivity contribution in [2.24, 2.45) is 0 Å². The number of anilines is 2. The molecular weight excluding hydrogens is 380 g/mol. The van der Waals surface area contributed by atoms with E-state index in [2.05, 4.69) is 4.72 Å². The Morgan fingerprint density at radius 2 is 2.00 bits per heavy atom. The van der Waals surface area contributed by atoms with Crippen LogP contribution in [0.2, 0.25) is 0 Å². The first kappa shape index (κ1) is 18.2. The molecule has 1 saturated heterocycles. The van der Waals surface area contributed by atoms with Crippen LogP contribution in [0.3, 0.4) is 0 Å².